The Morgan fingerprint density at radius 1 is 1.05 bits per heavy atom. The van der Waals surface area contributed by atoms with E-state index >= 15 is 0 Å². The predicted octanol–water partition coefficient (Wildman–Crippen LogP) is 5.23. The summed E-state index contributed by atoms with van der Waals surface area (Å²) in [7, 11) is 2.13. The van der Waals surface area contributed by atoms with Gasteiger partial charge in [-0.1, -0.05) is 18.0 Å². The van der Waals surface area contributed by atoms with Gasteiger partial charge in [-0.25, -0.2) is 0 Å². The topological polar surface area (TPSA) is 96.6 Å². The van der Waals surface area contributed by atoms with Crippen LogP contribution in [-0.4, -0.2) is 66.7 Å². The van der Waals surface area contributed by atoms with E-state index in [1.165, 1.54) is 17.8 Å². The average molecular weight is 578 g/mol. The summed E-state index contributed by atoms with van der Waals surface area (Å²) >= 11 is 7.36. The van der Waals surface area contributed by atoms with Gasteiger partial charge < -0.3 is 15.1 Å². The number of piperazine rings is 1. The number of thiophene rings is 1. The molecule has 0 spiro atoms. The molecule has 2 aromatic carbocycles. The van der Waals surface area contributed by atoms with Crippen molar-refractivity contribution in [1.82, 2.24) is 20.5 Å². The minimum atomic E-state index is -0.234. The first-order valence-electron chi connectivity index (χ1n) is 13.6. The highest BCUT2D eigenvalue weighted by molar-refractivity contribution is 7.20. The highest BCUT2D eigenvalue weighted by Crippen LogP contribution is 2.31. The zero-order valence-corrected chi connectivity index (χ0v) is 23.9. The molecule has 2 aromatic heterocycles. The summed E-state index contributed by atoms with van der Waals surface area (Å²) in [6.45, 7) is 4.74. The van der Waals surface area contributed by atoms with Gasteiger partial charge in [0.2, 0.25) is 0 Å². The lowest BCUT2D eigenvalue weighted by molar-refractivity contribution is 0.0948. The molecule has 9 nitrogen and oxygen atoms in total. The molecule has 1 saturated heterocycles. The molecule has 0 unspecified atom stereocenters. The largest absolute Gasteiger partial charge is 0.369 e. The van der Waals surface area contributed by atoms with Crippen molar-refractivity contribution in [2.24, 2.45) is 5.92 Å². The van der Waals surface area contributed by atoms with Gasteiger partial charge in [0.05, 0.1) is 16.0 Å². The Hall–Kier alpha value is -3.60. The van der Waals surface area contributed by atoms with Gasteiger partial charge >= 0.3 is 0 Å². The van der Waals surface area contributed by atoms with Gasteiger partial charge in [0.25, 0.3) is 11.8 Å². The van der Waals surface area contributed by atoms with Gasteiger partial charge in [0.15, 0.2) is 0 Å². The molecular weight excluding hydrogens is 546 g/mol. The molecule has 2 aliphatic rings. The number of carbonyl (C=O) groups excluding carboxylic acids is 2. The normalized spacial score (nSPS) is 16.1. The standard InChI is InChI=1S/C29H32ClN7O2S/c1-35-13-15-36(16-14-35)22-9-5-20(6-10-22)27(38)31-26-24-17-25(40-29(24)33-32-26)28(39)34-37(18-19-3-2-4-19)23-11-7-21(30)8-12-23/h5-12,17,19H,2-4,13-16,18H2,1H3,(H,34,39)(H2,31,32,33,38). The minimum absolute atomic E-state index is 0.214. The number of fused-ring (bicyclic) bond motifs is 1. The van der Waals surface area contributed by atoms with Crippen LogP contribution in [0.5, 0.6) is 0 Å². The molecular formula is C29H32ClN7O2S. The fraction of sp³-hybridized carbons (Fsp3) is 0.345. The van der Waals surface area contributed by atoms with E-state index in [0.29, 0.717) is 37.4 Å². The highest BCUT2D eigenvalue weighted by atomic mass is 35.5. The summed E-state index contributed by atoms with van der Waals surface area (Å²) in [6, 6.07) is 16.9. The van der Waals surface area contributed by atoms with E-state index in [-0.39, 0.29) is 11.8 Å². The number of hydrazine groups is 1. The molecule has 4 aromatic rings. The van der Waals surface area contributed by atoms with Gasteiger partial charge in [0.1, 0.15) is 10.6 Å². The summed E-state index contributed by atoms with van der Waals surface area (Å²) in [4.78, 5) is 32.1. The number of likely N-dealkylation sites (N-methyl/N-ethyl adjacent to an activating group) is 1. The maximum atomic E-state index is 13.3. The molecule has 40 heavy (non-hydrogen) atoms. The van der Waals surface area contributed by atoms with E-state index in [1.54, 1.807) is 6.07 Å². The van der Waals surface area contributed by atoms with Crippen LogP contribution in [0.15, 0.2) is 54.6 Å². The Balaban J connectivity index is 1.13. The second kappa shape index (κ2) is 11.5. The third-order valence-corrected chi connectivity index (χ3v) is 9.03. The lowest BCUT2D eigenvalue weighted by Crippen LogP contribution is -2.46. The van der Waals surface area contributed by atoms with Crippen molar-refractivity contribution in [1.29, 1.82) is 0 Å². The first-order chi connectivity index (χ1) is 19.4. The van der Waals surface area contributed by atoms with Crippen molar-refractivity contribution in [2.45, 2.75) is 19.3 Å². The molecule has 3 N–H and O–H groups in total. The molecule has 1 saturated carbocycles. The Morgan fingerprint density at radius 3 is 2.45 bits per heavy atom. The number of aromatic nitrogens is 2. The molecule has 208 valence electrons. The molecule has 0 bridgehead atoms. The summed E-state index contributed by atoms with van der Waals surface area (Å²) in [5.41, 5.74) is 5.63. The molecule has 1 aliphatic heterocycles. The summed E-state index contributed by atoms with van der Waals surface area (Å²) in [5.74, 6) is 0.577. The van der Waals surface area contributed by atoms with Crippen LogP contribution in [-0.2, 0) is 0 Å². The molecule has 1 aliphatic carbocycles. The van der Waals surface area contributed by atoms with Gasteiger partial charge in [-0.3, -0.25) is 25.1 Å². The van der Waals surface area contributed by atoms with Crippen molar-refractivity contribution >= 4 is 62.2 Å². The van der Waals surface area contributed by atoms with Crippen LogP contribution in [0.1, 0.15) is 39.3 Å². The van der Waals surface area contributed by atoms with Crippen molar-refractivity contribution in [3.05, 3.63) is 70.1 Å². The number of rotatable bonds is 8. The minimum Gasteiger partial charge on any atom is -0.369 e. The second-order valence-electron chi connectivity index (χ2n) is 10.5. The fourth-order valence-corrected chi connectivity index (χ4v) is 6.05. The number of aromatic amines is 1. The molecule has 0 radical (unpaired) electrons. The van der Waals surface area contributed by atoms with Gasteiger partial charge in [-0.2, -0.15) is 5.10 Å². The number of hydrogen-bond donors (Lipinski definition) is 3. The Labute approximate surface area is 242 Å². The third-order valence-electron chi connectivity index (χ3n) is 7.75. The third kappa shape index (κ3) is 5.79. The quantitative estimate of drug-likeness (QED) is 0.248. The van der Waals surface area contributed by atoms with Crippen molar-refractivity contribution in [3.63, 3.8) is 0 Å². The van der Waals surface area contributed by atoms with Crippen LogP contribution in [0.3, 0.4) is 0 Å². The highest BCUT2D eigenvalue weighted by Gasteiger charge is 2.24. The zero-order valence-electron chi connectivity index (χ0n) is 22.3. The average Bonchev–Trinajstić information content (AvgIpc) is 3.53. The number of hydrogen-bond acceptors (Lipinski definition) is 7. The van der Waals surface area contributed by atoms with Crippen molar-refractivity contribution in [3.8, 4) is 0 Å². The van der Waals surface area contributed by atoms with Crippen LogP contribution >= 0.6 is 22.9 Å². The summed E-state index contributed by atoms with van der Waals surface area (Å²) in [6.07, 6.45) is 3.55. The maximum absolute atomic E-state index is 13.3. The smallest absolute Gasteiger partial charge is 0.279 e. The number of benzene rings is 2. The zero-order chi connectivity index (χ0) is 27.6. The molecule has 11 heteroatoms. The summed E-state index contributed by atoms with van der Waals surface area (Å²) in [5, 5.41) is 13.4. The van der Waals surface area contributed by atoms with E-state index in [0.717, 1.165) is 56.9 Å². The Kier molecular flexibility index (Phi) is 7.64. The van der Waals surface area contributed by atoms with Crippen LogP contribution in [0, 0.1) is 5.92 Å². The van der Waals surface area contributed by atoms with Gasteiger partial charge in [-0.15, -0.1) is 11.3 Å². The monoisotopic (exact) mass is 577 g/mol. The molecule has 6 rings (SSSR count). The first kappa shape index (κ1) is 26.6. The predicted molar refractivity (Wildman–Crippen MR) is 162 cm³/mol. The molecule has 0 atom stereocenters. The van der Waals surface area contributed by atoms with Crippen LogP contribution < -0.4 is 20.7 Å². The number of halogens is 1. The van der Waals surface area contributed by atoms with Crippen LogP contribution in [0.2, 0.25) is 5.02 Å². The Morgan fingerprint density at radius 2 is 1.77 bits per heavy atom. The van der Waals surface area contributed by atoms with E-state index < -0.39 is 0 Å². The summed E-state index contributed by atoms with van der Waals surface area (Å²) < 4.78 is 0. The fourth-order valence-electron chi connectivity index (χ4n) is 5.04. The number of amides is 2. The van der Waals surface area contributed by atoms with Crippen LogP contribution in [0.25, 0.3) is 10.2 Å². The second-order valence-corrected chi connectivity index (χ2v) is 12.0. The van der Waals surface area contributed by atoms with Crippen LogP contribution in [0.4, 0.5) is 17.2 Å². The lowest BCUT2D eigenvalue weighted by atomic mass is 9.85. The lowest BCUT2D eigenvalue weighted by Gasteiger charge is -2.34. The van der Waals surface area contributed by atoms with Gasteiger partial charge in [-0.05, 0) is 80.4 Å². The van der Waals surface area contributed by atoms with Crippen molar-refractivity contribution in [2.75, 3.05) is 55.0 Å². The maximum Gasteiger partial charge on any atom is 0.279 e. The number of carbonyl (C=O) groups is 2. The first-order valence-corrected chi connectivity index (χ1v) is 14.8. The number of anilines is 3. The van der Waals surface area contributed by atoms with E-state index in [1.807, 2.05) is 53.5 Å². The van der Waals surface area contributed by atoms with Crippen molar-refractivity contribution < 1.29 is 9.59 Å². The van der Waals surface area contributed by atoms with E-state index in [2.05, 4.69) is 37.8 Å². The van der Waals surface area contributed by atoms with E-state index in [9.17, 15) is 9.59 Å². The molecule has 2 fully saturated rings. The SMILES string of the molecule is CN1CCN(c2ccc(C(=O)Nc3[nH]nc4sc(C(=O)NN(CC5CCC5)c5ccc(Cl)cc5)cc34)cc2)CC1. The van der Waals surface area contributed by atoms with E-state index in [4.69, 9.17) is 11.6 Å². The molecule has 3 heterocycles. The number of nitrogens with one attached hydrogen (secondary N) is 3. The number of nitrogens with zero attached hydrogens (tertiary/aromatic N) is 4. The van der Waals surface area contributed by atoms with Gasteiger partial charge in [0, 0.05) is 49.0 Å². The Bertz CT molecular complexity index is 1490. The number of H-pyrrole nitrogens is 1. The molecule has 2 amide bonds.